The lowest BCUT2D eigenvalue weighted by molar-refractivity contribution is -0.153. The highest BCUT2D eigenvalue weighted by molar-refractivity contribution is 6.01. The second-order valence-electron chi connectivity index (χ2n) is 7.82. The molecule has 0 aliphatic carbocycles. The number of ether oxygens (including phenoxy) is 1. The van der Waals surface area contributed by atoms with Gasteiger partial charge in [0.1, 0.15) is 12.1 Å². The highest BCUT2D eigenvalue weighted by Crippen LogP contribution is 2.22. The molecule has 150 valence electrons. The maximum Gasteiger partial charge on any atom is 0.325 e. The van der Waals surface area contributed by atoms with Gasteiger partial charge in [0.05, 0.1) is 5.56 Å². The normalized spacial score (nSPS) is 15.9. The van der Waals surface area contributed by atoms with E-state index < -0.39 is 11.6 Å². The predicted molar refractivity (Wildman–Crippen MR) is 108 cm³/mol. The first-order valence-electron chi connectivity index (χ1n) is 9.56. The van der Waals surface area contributed by atoms with Gasteiger partial charge in [0.2, 0.25) is 0 Å². The Morgan fingerprint density at radius 3 is 2.59 bits per heavy atom. The third kappa shape index (κ3) is 6.43. The lowest BCUT2D eigenvalue weighted by atomic mass is 10.1. The van der Waals surface area contributed by atoms with Crippen LogP contribution in [0, 0.1) is 0 Å². The van der Waals surface area contributed by atoms with Gasteiger partial charge in [-0.2, -0.15) is 0 Å². The molecule has 0 spiro atoms. The SMILES string of the molecule is CCN1CCCN(c2ccc(N)c(C(=O)NCC(=O)OC(C)(C)C)c2)CC1. The summed E-state index contributed by atoms with van der Waals surface area (Å²) in [5, 5.41) is 2.60. The molecule has 0 unspecified atom stereocenters. The van der Waals surface area contributed by atoms with Gasteiger partial charge in [0, 0.05) is 31.0 Å². The maximum atomic E-state index is 12.5. The fraction of sp³-hybridized carbons (Fsp3) is 0.600. The molecule has 1 saturated heterocycles. The largest absolute Gasteiger partial charge is 0.459 e. The summed E-state index contributed by atoms with van der Waals surface area (Å²) in [5.41, 5.74) is 7.17. The fourth-order valence-electron chi connectivity index (χ4n) is 3.11. The summed E-state index contributed by atoms with van der Waals surface area (Å²) in [5.74, 6) is -0.844. The Morgan fingerprint density at radius 1 is 1.19 bits per heavy atom. The molecule has 1 aliphatic rings. The second-order valence-corrected chi connectivity index (χ2v) is 7.82. The van der Waals surface area contributed by atoms with Crippen LogP contribution in [0.5, 0.6) is 0 Å². The Morgan fingerprint density at radius 2 is 1.93 bits per heavy atom. The van der Waals surface area contributed by atoms with Crippen molar-refractivity contribution in [2.75, 3.05) is 49.9 Å². The summed E-state index contributed by atoms with van der Waals surface area (Å²) in [7, 11) is 0. The van der Waals surface area contributed by atoms with Gasteiger partial charge in [0.25, 0.3) is 5.91 Å². The summed E-state index contributed by atoms with van der Waals surface area (Å²) in [6.07, 6.45) is 1.08. The highest BCUT2D eigenvalue weighted by Gasteiger charge is 2.19. The molecule has 2 rings (SSSR count). The quantitative estimate of drug-likeness (QED) is 0.603. The molecular formula is C20H32N4O3. The third-order valence-corrected chi connectivity index (χ3v) is 4.50. The minimum absolute atomic E-state index is 0.186. The van der Waals surface area contributed by atoms with Crippen LogP contribution in [0.4, 0.5) is 11.4 Å². The van der Waals surface area contributed by atoms with Gasteiger partial charge < -0.3 is 25.6 Å². The van der Waals surface area contributed by atoms with Crippen LogP contribution in [0.2, 0.25) is 0 Å². The zero-order valence-corrected chi connectivity index (χ0v) is 16.9. The number of hydrogen-bond donors (Lipinski definition) is 2. The Balaban J connectivity index is 2.03. The van der Waals surface area contributed by atoms with Gasteiger partial charge >= 0.3 is 5.97 Å². The molecule has 7 nitrogen and oxygen atoms in total. The molecule has 0 aromatic heterocycles. The van der Waals surface area contributed by atoms with Gasteiger partial charge in [-0.25, -0.2) is 0 Å². The molecule has 3 N–H and O–H groups in total. The molecule has 7 heteroatoms. The number of likely N-dealkylation sites (N-methyl/N-ethyl adjacent to an activating group) is 1. The van der Waals surface area contributed by atoms with Crippen molar-refractivity contribution in [3.8, 4) is 0 Å². The van der Waals surface area contributed by atoms with Crippen molar-refractivity contribution in [1.82, 2.24) is 10.2 Å². The summed E-state index contributed by atoms with van der Waals surface area (Å²) >= 11 is 0. The molecule has 0 atom stereocenters. The van der Waals surface area contributed by atoms with Crippen LogP contribution in [0.15, 0.2) is 18.2 Å². The number of nitrogen functional groups attached to an aromatic ring is 1. The average Bonchev–Trinajstić information content (AvgIpc) is 2.84. The zero-order chi connectivity index (χ0) is 20.0. The van der Waals surface area contributed by atoms with E-state index in [9.17, 15) is 9.59 Å². The number of hydrogen-bond acceptors (Lipinski definition) is 6. The third-order valence-electron chi connectivity index (χ3n) is 4.50. The zero-order valence-electron chi connectivity index (χ0n) is 16.9. The van der Waals surface area contributed by atoms with E-state index in [1.807, 2.05) is 6.07 Å². The lowest BCUT2D eigenvalue weighted by Crippen LogP contribution is -2.35. The van der Waals surface area contributed by atoms with E-state index >= 15 is 0 Å². The number of esters is 1. The molecule has 0 radical (unpaired) electrons. The standard InChI is InChI=1S/C20H32N4O3/c1-5-23-9-6-10-24(12-11-23)15-7-8-17(21)16(13-15)19(26)22-14-18(25)27-20(2,3)4/h7-8,13H,5-6,9-12,14,21H2,1-4H3,(H,22,26). The Kier molecular flexibility index (Phi) is 7.07. The molecule has 1 fully saturated rings. The fourth-order valence-corrected chi connectivity index (χ4v) is 3.11. The van der Waals surface area contributed by atoms with Crippen molar-refractivity contribution in [3.63, 3.8) is 0 Å². The van der Waals surface area contributed by atoms with Crippen LogP contribution in [-0.4, -0.2) is 61.6 Å². The minimum Gasteiger partial charge on any atom is -0.459 e. The molecule has 0 saturated carbocycles. The summed E-state index contributed by atoms with van der Waals surface area (Å²) in [4.78, 5) is 29.0. The summed E-state index contributed by atoms with van der Waals surface area (Å²) < 4.78 is 5.21. The molecular weight excluding hydrogens is 344 g/mol. The highest BCUT2D eigenvalue weighted by atomic mass is 16.6. The van der Waals surface area contributed by atoms with E-state index in [4.69, 9.17) is 10.5 Å². The molecule has 1 heterocycles. The molecule has 1 aromatic carbocycles. The topological polar surface area (TPSA) is 87.9 Å². The number of amides is 1. The van der Waals surface area contributed by atoms with Crippen LogP contribution in [-0.2, 0) is 9.53 Å². The Hall–Kier alpha value is -2.28. The van der Waals surface area contributed by atoms with Crippen LogP contribution >= 0.6 is 0 Å². The summed E-state index contributed by atoms with van der Waals surface area (Å²) in [6, 6.07) is 5.50. The van der Waals surface area contributed by atoms with E-state index in [0.29, 0.717) is 11.3 Å². The van der Waals surface area contributed by atoms with Crippen molar-refractivity contribution in [3.05, 3.63) is 23.8 Å². The van der Waals surface area contributed by atoms with Crippen LogP contribution < -0.4 is 16.0 Å². The van der Waals surface area contributed by atoms with E-state index in [-0.39, 0.29) is 12.5 Å². The van der Waals surface area contributed by atoms with E-state index in [1.54, 1.807) is 32.9 Å². The number of carbonyl (C=O) groups is 2. The van der Waals surface area contributed by atoms with Crippen molar-refractivity contribution >= 4 is 23.3 Å². The number of nitrogens with two attached hydrogens (primary N) is 1. The first-order valence-corrected chi connectivity index (χ1v) is 9.56. The van der Waals surface area contributed by atoms with E-state index in [1.165, 1.54) is 0 Å². The van der Waals surface area contributed by atoms with Crippen molar-refractivity contribution < 1.29 is 14.3 Å². The molecule has 1 amide bonds. The smallest absolute Gasteiger partial charge is 0.325 e. The van der Waals surface area contributed by atoms with Gasteiger partial charge in [0.15, 0.2) is 0 Å². The van der Waals surface area contributed by atoms with Crippen molar-refractivity contribution in [2.24, 2.45) is 0 Å². The number of anilines is 2. The molecule has 1 aromatic rings. The maximum absolute atomic E-state index is 12.5. The Labute approximate surface area is 161 Å². The second kappa shape index (κ2) is 9.08. The molecule has 27 heavy (non-hydrogen) atoms. The number of nitrogens with zero attached hydrogens (tertiary/aromatic N) is 2. The molecule has 1 aliphatic heterocycles. The first kappa shape index (κ1) is 21.0. The minimum atomic E-state index is -0.583. The first-order chi connectivity index (χ1) is 12.7. The van der Waals surface area contributed by atoms with Gasteiger partial charge in [-0.15, -0.1) is 0 Å². The summed E-state index contributed by atoms with van der Waals surface area (Å²) in [6.45, 7) is 12.3. The van der Waals surface area contributed by atoms with E-state index in [0.717, 1.165) is 44.8 Å². The van der Waals surface area contributed by atoms with Crippen molar-refractivity contribution in [1.29, 1.82) is 0 Å². The number of benzene rings is 1. The lowest BCUT2D eigenvalue weighted by Gasteiger charge is -2.24. The number of rotatable bonds is 5. The van der Waals surface area contributed by atoms with Crippen LogP contribution in [0.25, 0.3) is 0 Å². The van der Waals surface area contributed by atoms with Gasteiger partial charge in [-0.3, -0.25) is 9.59 Å². The number of nitrogens with one attached hydrogen (secondary N) is 1. The molecule has 0 bridgehead atoms. The van der Waals surface area contributed by atoms with Gasteiger partial charge in [-0.05, 0) is 58.5 Å². The Bertz CT molecular complexity index is 670. The van der Waals surface area contributed by atoms with Gasteiger partial charge in [-0.1, -0.05) is 6.92 Å². The number of carbonyl (C=O) groups excluding carboxylic acids is 2. The van der Waals surface area contributed by atoms with Crippen LogP contribution in [0.1, 0.15) is 44.5 Å². The monoisotopic (exact) mass is 376 g/mol. The van der Waals surface area contributed by atoms with Crippen LogP contribution in [0.3, 0.4) is 0 Å². The van der Waals surface area contributed by atoms with E-state index in [2.05, 4.69) is 22.0 Å². The average molecular weight is 377 g/mol. The van der Waals surface area contributed by atoms with Crippen molar-refractivity contribution in [2.45, 2.75) is 39.7 Å². The predicted octanol–water partition coefficient (Wildman–Crippen LogP) is 1.87.